The Balaban J connectivity index is 2.87. The van der Waals surface area contributed by atoms with Crippen molar-refractivity contribution in [2.24, 2.45) is 5.41 Å². The molecule has 4 heteroatoms. The number of benzene rings is 1. The fraction of sp³-hybridized carbons (Fsp3) is 0.467. The molecule has 19 heavy (non-hydrogen) atoms. The molecule has 0 aliphatic heterocycles. The van der Waals surface area contributed by atoms with E-state index < -0.39 is 11.4 Å². The second kappa shape index (κ2) is 6.36. The lowest BCUT2D eigenvalue weighted by atomic mass is 9.79. The number of para-hydroxylation sites is 1. The molecule has 0 bridgehead atoms. The van der Waals surface area contributed by atoms with Crippen molar-refractivity contribution in [3.05, 3.63) is 30.3 Å². The minimum absolute atomic E-state index is 0.0285. The number of hydrogen-bond donors (Lipinski definition) is 1. The van der Waals surface area contributed by atoms with Crippen molar-refractivity contribution in [1.82, 2.24) is 0 Å². The lowest BCUT2D eigenvalue weighted by Gasteiger charge is -2.28. The SMILES string of the molecule is CCC(CC)(CC(=O)N(C)c1ccccc1)C(=O)O. The second-order valence-corrected chi connectivity index (χ2v) is 4.76. The Labute approximate surface area is 114 Å². The highest BCUT2D eigenvalue weighted by Gasteiger charge is 2.38. The molecule has 0 aliphatic carbocycles. The Morgan fingerprint density at radius 2 is 1.68 bits per heavy atom. The van der Waals surface area contributed by atoms with Gasteiger partial charge in [-0.25, -0.2) is 0 Å². The maximum atomic E-state index is 12.2. The first-order valence-electron chi connectivity index (χ1n) is 6.52. The number of carbonyl (C=O) groups is 2. The summed E-state index contributed by atoms with van der Waals surface area (Å²) in [5, 5.41) is 9.35. The van der Waals surface area contributed by atoms with E-state index in [0.717, 1.165) is 5.69 Å². The highest BCUT2D eigenvalue weighted by Crippen LogP contribution is 2.32. The van der Waals surface area contributed by atoms with Gasteiger partial charge in [0, 0.05) is 19.2 Å². The Hall–Kier alpha value is -1.84. The van der Waals surface area contributed by atoms with Gasteiger partial charge < -0.3 is 10.0 Å². The zero-order valence-corrected chi connectivity index (χ0v) is 11.7. The average Bonchev–Trinajstić information content (AvgIpc) is 2.44. The number of rotatable bonds is 6. The smallest absolute Gasteiger partial charge is 0.310 e. The summed E-state index contributed by atoms with van der Waals surface area (Å²) in [6.07, 6.45) is 0.932. The van der Waals surface area contributed by atoms with Gasteiger partial charge in [0.15, 0.2) is 0 Å². The molecule has 1 rings (SSSR count). The van der Waals surface area contributed by atoms with E-state index in [4.69, 9.17) is 0 Å². The van der Waals surface area contributed by atoms with Crippen LogP contribution in [-0.2, 0) is 9.59 Å². The van der Waals surface area contributed by atoms with Crippen LogP contribution in [0.5, 0.6) is 0 Å². The molecule has 0 atom stereocenters. The van der Waals surface area contributed by atoms with E-state index in [-0.39, 0.29) is 12.3 Å². The third-order valence-corrected chi connectivity index (χ3v) is 3.81. The third-order valence-electron chi connectivity index (χ3n) is 3.81. The van der Waals surface area contributed by atoms with Gasteiger partial charge in [-0.3, -0.25) is 9.59 Å². The minimum Gasteiger partial charge on any atom is -0.481 e. The average molecular weight is 263 g/mol. The standard InChI is InChI=1S/C15H21NO3/c1-4-15(5-2,14(18)19)11-13(17)16(3)12-9-7-6-8-10-12/h6-10H,4-5,11H2,1-3H3,(H,18,19). The molecule has 0 radical (unpaired) electrons. The first kappa shape index (κ1) is 15.2. The van der Waals surface area contributed by atoms with Gasteiger partial charge in [0.2, 0.25) is 5.91 Å². The normalized spacial score (nSPS) is 11.1. The topological polar surface area (TPSA) is 57.6 Å². The maximum Gasteiger partial charge on any atom is 0.310 e. The molecular formula is C15H21NO3. The first-order chi connectivity index (χ1) is 8.96. The van der Waals surface area contributed by atoms with Crippen molar-refractivity contribution in [3.63, 3.8) is 0 Å². The predicted molar refractivity (Wildman–Crippen MR) is 75.1 cm³/mol. The summed E-state index contributed by atoms with van der Waals surface area (Å²) in [6, 6.07) is 9.24. The molecule has 1 aromatic carbocycles. The van der Waals surface area contributed by atoms with Gasteiger partial charge in [0.1, 0.15) is 0 Å². The van der Waals surface area contributed by atoms with Crippen molar-refractivity contribution in [2.45, 2.75) is 33.1 Å². The van der Waals surface area contributed by atoms with E-state index in [1.165, 1.54) is 4.90 Å². The molecule has 0 aliphatic rings. The van der Waals surface area contributed by atoms with Crippen LogP contribution in [0.3, 0.4) is 0 Å². The summed E-state index contributed by atoms with van der Waals surface area (Å²) in [6.45, 7) is 3.63. The van der Waals surface area contributed by atoms with Crippen molar-refractivity contribution < 1.29 is 14.7 Å². The summed E-state index contributed by atoms with van der Waals surface area (Å²) in [4.78, 5) is 25.2. The van der Waals surface area contributed by atoms with Crippen molar-refractivity contribution >= 4 is 17.6 Å². The van der Waals surface area contributed by atoms with Crippen LogP contribution in [0.25, 0.3) is 0 Å². The highest BCUT2D eigenvalue weighted by atomic mass is 16.4. The second-order valence-electron chi connectivity index (χ2n) is 4.76. The molecule has 0 saturated heterocycles. The number of carboxylic acid groups (broad SMARTS) is 1. The molecule has 0 unspecified atom stereocenters. The van der Waals surface area contributed by atoms with Crippen molar-refractivity contribution in [1.29, 1.82) is 0 Å². The Bertz CT molecular complexity index is 438. The zero-order valence-electron chi connectivity index (χ0n) is 11.7. The molecule has 1 amide bonds. The molecule has 1 N–H and O–H groups in total. The lowest BCUT2D eigenvalue weighted by molar-refractivity contribution is -0.152. The fourth-order valence-electron chi connectivity index (χ4n) is 2.08. The van der Waals surface area contributed by atoms with Crippen LogP contribution in [0, 0.1) is 5.41 Å². The molecule has 0 aromatic heterocycles. The monoisotopic (exact) mass is 263 g/mol. The molecule has 0 spiro atoms. The van der Waals surface area contributed by atoms with Crippen LogP contribution >= 0.6 is 0 Å². The van der Waals surface area contributed by atoms with E-state index in [2.05, 4.69) is 0 Å². The Morgan fingerprint density at radius 1 is 1.16 bits per heavy atom. The van der Waals surface area contributed by atoms with Gasteiger partial charge in [-0.05, 0) is 25.0 Å². The highest BCUT2D eigenvalue weighted by molar-refractivity contribution is 5.95. The molecule has 0 fully saturated rings. The summed E-state index contributed by atoms with van der Waals surface area (Å²) in [5.41, 5.74) is -0.181. The van der Waals surface area contributed by atoms with Gasteiger partial charge in [0.25, 0.3) is 0 Å². The van der Waals surface area contributed by atoms with Gasteiger partial charge in [-0.2, -0.15) is 0 Å². The van der Waals surface area contributed by atoms with Crippen molar-refractivity contribution in [3.8, 4) is 0 Å². The number of anilines is 1. The van der Waals surface area contributed by atoms with Gasteiger partial charge in [0.05, 0.1) is 5.41 Å². The zero-order chi connectivity index (χ0) is 14.5. The van der Waals surface area contributed by atoms with E-state index in [0.29, 0.717) is 12.8 Å². The van der Waals surface area contributed by atoms with Crippen LogP contribution in [0.4, 0.5) is 5.69 Å². The molecular weight excluding hydrogens is 242 g/mol. The van der Waals surface area contributed by atoms with Crippen LogP contribution < -0.4 is 4.90 Å². The third kappa shape index (κ3) is 3.34. The summed E-state index contributed by atoms with van der Waals surface area (Å²) < 4.78 is 0. The van der Waals surface area contributed by atoms with Crippen LogP contribution in [0.2, 0.25) is 0 Å². The number of aliphatic carboxylic acids is 1. The van der Waals surface area contributed by atoms with Gasteiger partial charge in [-0.1, -0.05) is 32.0 Å². The van der Waals surface area contributed by atoms with Crippen LogP contribution in [-0.4, -0.2) is 24.0 Å². The van der Waals surface area contributed by atoms with Crippen LogP contribution in [0.15, 0.2) is 30.3 Å². The molecule has 4 nitrogen and oxygen atoms in total. The van der Waals surface area contributed by atoms with Crippen molar-refractivity contribution in [2.75, 3.05) is 11.9 Å². The maximum absolute atomic E-state index is 12.2. The molecule has 104 valence electrons. The Morgan fingerprint density at radius 3 is 2.11 bits per heavy atom. The van der Waals surface area contributed by atoms with E-state index in [9.17, 15) is 14.7 Å². The quantitative estimate of drug-likeness (QED) is 0.858. The van der Waals surface area contributed by atoms with E-state index in [1.807, 2.05) is 44.2 Å². The minimum atomic E-state index is -0.958. The summed E-state index contributed by atoms with van der Waals surface area (Å²) >= 11 is 0. The van der Waals surface area contributed by atoms with Gasteiger partial charge in [-0.15, -0.1) is 0 Å². The van der Waals surface area contributed by atoms with Gasteiger partial charge >= 0.3 is 5.97 Å². The fourth-order valence-corrected chi connectivity index (χ4v) is 2.08. The number of carboxylic acids is 1. The Kier molecular flexibility index (Phi) is 5.10. The number of carbonyl (C=O) groups excluding carboxylic acids is 1. The molecule has 0 saturated carbocycles. The predicted octanol–water partition coefficient (Wildman–Crippen LogP) is 2.93. The summed E-state index contributed by atoms with van der Waals surface area (Å²) in [5.74, 6) is -1.07. The number of nitrogens with zero attached hydrogens (tertiary/aromatic N) is 1. The largest absolute Gasteiger partial charge is 0.481 e. The lowest BCUT2D eigenvalue weighted by Crippen LogP contribution is -2.37. The number of hydrogen-bond acceptors (Lipinski definition) is 2. The first-order valence-corrected chi connectivity index (χ1v) is 6.52. The van der Waals surface area contributed by atoms with E-state index in [1.54, 1.807) is 7.05 Å². The number of amides is 1. The summed E-state index contributed by atoms with van der Waals surface area (Å²) in [7, 11) is 1.68. The molecule has 0 heterocycles. The molecule has 1 aromatic rings. The van der Waals surface area contributed by atoms with E-state index >= 15 is 0 Å². The van der Waals surface area contributed by atoms with Crippen LogP contribution in [0.1, 0.15) is 33.1 Å².